The monoisotopic (exact) mass is 1030 g/mol. The van der Waals surface area contributed by atoms with Gasteiger partial charge >= 0.3 is 0 Å². The predicted octanol–water partition coefficient (Wildman–Crippen LogP) is -2.35. The van der Waals surface area contributed by atoms with Crippen molar-refractivity contribution < 1.29 is 109 Å². The first-order valence-electron chi connectivity index (χ1n) is 26.4. The molecule has 0 aromatic rings. The van der Waals surface area contributed by atoms with Crippen molar-refractivity contribution in [1.29, 1.82) is 0 Å². The first kappa shape index (κ1) is 54.2. The Morgan fingerprint density at radius 3 is 1.94 bits per heavy atom. The van der Waals surface area contributed by atoms with Crippen LogP contribution in [0.5, 0.6) is 0 Å². The fraction of sp³-hybridized carbons (Fsp3) is 0.960. The molecule has 0 aromatic heterocycles. The molecule has 22 heteroatoms. The van der Waals surface area contributed by atoms with Gasteiger partial charge in [-0.3, -0.25) is 0 Å². The van der Waals surface area contributed by atoms with Gasteiger partial charge in [-0.05, 0) is 91.8 Å². The molecule has 30 unspecified atom stereocenters. The van der Waals surface area contributed by atoms with Crippen LogP contribution < -0.4 is 0 Å². The first-order chi connectivity index (χ1) is 34.3. The second-order valence-corrected chi connectivity index (χ2v) is 23.5. The summed E-state index contributed by atoms with van der Waals surface area (Å²) in [5.74, 6) is 2.12. The molecular formula is C50H80O22. The molecule has 0 bridgehead atoms. The van der Waals surface area contributed by atoms with Gasteiger partial charge < -0.3 is 109 Å². The molecule has 9 fully saturated rings. The van der Waals surface area contributed by atoms with Crippen molar-refractivity contribution in [2.24, 2.45) is 46.3 Å². The highest BCUT2D eigenvalue weighted by atomic mass is 16.8. The number of allylic oxidation sites excluding steroid dienone is 2. The maximum Gasteiger partial charge on any atom is 0.187 e. The molecule has 3 saturated carbocycles. The minimum Gasteiger partial charge on any atom is -0.394 e. The molecule has 4 aliphatic carbocycles. The molecule has 72 heavy (non-hydrogen) atoms. The van der Waals surface area contributed by atoms with Crippen molar-refractivity contribution in [1.82, 2.24) is 0 Å². The molecule has 0 aromatic carbocycles. The van der Waals surface area contributed by atoms with E-state index in [0.29, 0.717) is 42.4 Å². The standard InChI is InChI=1S/C50H80O22/c1-20-7-12-50(64-18-20)21(2)32-28(72-50)14-26-24-6-5-22-13-23(8-10-48(22,3)25(24)9-11-49(26,32)4)65-45-40(62)37(59)41(31(17-53)68-45)69-47-43(71-46-39(61)36(58)34(56)29(15-51)66-46)42(35(57)30(16-52)67-47)70-44-38(60)33(55)27(54)19-63-44/h9,20-24,26-47,51-62H,5-8,10-19H2,1-4H3. The number of aliphatic hydroxyl groups excluding tert-OH is 12. The lowest BCUT2D eigenvalue weighted by Crippen LogP contribution is -2.68. The lowest BCUT2D eigenvalue weighted by Gasteiger charge is -2.57. The average molecular weight is 1030 g/mol. The molecule has 12 N–H and O–H groups in total. The zero-order valence-corrected chi connectivity index (χ0v) is 41.5. The molecule has 10 rings (SSSR count). The van der Waals surface area contributed by atoms with Crippen molar-refractivity contribution in [2.75, 3.05) is 33.0 Å². The maximum atomic E-state index is 11.8. The van der Waals surface area contributed by atoms with Crippen molar-refractivity contribution in [3.8, 4) is 0 Å². The highest BCUT2D eigenvalue weighted by Gasteiger charge is 2.68. The van der Waals surface area contributed by atoms with Crippen LogP contribution in [-0.2, 0) is 47.4 Å². The lowest BCUT2D eigenvalue weighted by molar-refractivity contribution is -0.404. The third kappa shape index (κ3) is 9.18. The number of aliphatic hydroxyl groups is 12. The molecule has 22 nitrogen and oxygen atoms in total. The molecule has 1 spiro atoms. The predicted molar refractivity (Wildman–Crippen MR) is 242 cm³/mol. The number of fused-ring (bicyclic) bond motifs is 7. The van der Waals surface area contributed by atoms with Crippen LogP contribution in [0.25, 0.3) is 0 Å². The van der Waals surface area contributed by atoms with Crippen molar-refractivity contribution in [3.63, 3.8) is 0 Å². The van der Waals surface area contributed by atoms with Gasteiger partial charge in [0.15, 0.2) is 30.9 Å². The third-order valence-corrected chi connectivity index (χ3v) is 19.4. The summed E-state index contributed by atoms with van der Waals surface area (Å²) in [5, 5.41) is 129. The van der Waals surface area contributed by atoms with Crippen LogP contribution in [-0.4, -0.2) is 229 Å². The highest BCUT2D eigenvalue weighted by molar-refractivity contribution is 5.30. The van der Waals surface area contributed by atoms with E-state index in [1.165, 1.54) is 0 Å². The summed E-state index contributed by atoms with van der Waals surface area (Å²) in [5.41, 5.74) is 1.63. The summed E-state index contributed by atoms with van der Waals surface area (Å²) in [4.78, 5) is 0. The van der Waals surface area contributed by atoms with Gasteiger partial charge in [0.2, 0.25) is 0 Å². The minimum atomic E-state index is -2.00. The fourth-order valence-corrected chi connectivity index (χ4v) is 15.1. The summed E-state index contributed by atoms with van der Waals surface area (Å²) in [7, 11) is 0. The maximum absolute atomic E-state index is 11.8. The Morgan fingerprint density at radius 2 is 1.24 bits per heavy atom. The Labute approximate surface area is 419 Å². The molecule has 412 valence electrons. The van der Waals surface area contributed by atoms with E-state index in [0.717, 1.165) is 51.6 Å². The van der Waals surface area contributed by atoms with E-state index in [1.807, 2.05) is 0 Å². The van der Waals surface area contributed by atoms with Gasteiger partial charge in [0.1, 0.15) is 91.6 Å². The van der Waals surface area contributed by atoms with Gasteiger partial charge in [-0.15, -0.1) is 0 Å². The molecule has 6 heterocycles. The molecular weight excluding hydrogens is 953 g/mol. The van der Waals surface area contributed by atoms with Gasteiger partial charge in [0.25, 0.3) is 0 Å². The van der Waals surface area contributed by atoms with E-state index >= 15 is 0 Å². The largest absolute Gasteiger partial charge is 0.394 e. The average Bonchev–Trinajstić information content (AvgIpc) is 3.82. The van der Waals surface area contributed by atoms with Gasteiger partial charge in [-0.25, -0.2) is 0 Å². The highest BCUT2D eigenvalue weighted by Crippen LogP contribution is 2.70. The molecule has 6 saturated heterocycles. The zero-order valence-electron chi connectivity index (χ0n) is 41.5. The first-order valence-corrected chi connectivity index (χ1v) is 26.4. The van der Waals surface area contributed by atoms with E-state index < -0.39 is 149 Å². The quantitative estimate of drug-likeness (QED) is 0.0762. The lowest BCUT2D eigenvalue weighted by atomic mass is 9.48. The SMILES string of the molecule is CC1CCC2(OC1)OC1CC3C4CCC5CC(OC6OC(CO)C(OC7OC(CO)C(O)C(OC8OCC(O)C(O)C8O)C7OC7OC(CO)C(O)C(O)C7O)C(O)C6O)CCC5(C)C4=CCC3(C)C1C2C. The van der Waals surface area contributed by atoms with Gasteiger partial charge in [0, 0.05) is 12.3 Å². The summed E-state index contributed by atoms with van der Waals surface area (Å²) in [6.45, 7) is 7.25. The van der Waals surface area contributed by atoms with Crippen molar-refractivity contribution in [3.05, 3.63) is 11.6 Å². The molecule has 0 radical (unpaired) electrons. The summed E-state index contributed by atoms with van der Waals surface area (Å²) in [6.07, 6.45) is -22.1. The van der Waals surface area contributed by atoms with Gasteiger partial charge in [-0.2, -0.15) is 0 Å². The van der Waals surface area contributed by atoms with E-state index in [4.69, 9.17) is 47.4 Å². The van der Waals surface area contributed by atoms with E-state index in [-0.39, 0.29) is 29.0 Å². The topological polar surface area (TPSA) is 335 Å². The number of rotatable bonds is 11. The smallest absolute Gasteiger partial charge is 0.187 e. The second kappa shape index (κ2) is 20.9. The Bertz CT molecular complexity index is 1890. The minimum absolute atomic E-state index is 0.0473. The number of hydrogen-bond acceptors (Lipinski definition) is 22. The van der Waals surface area contributed by atoms with Crippen LogP contribution in [0, 0.1) is 46.3 Å². The van der Waals surface area contributed by atoms with Crippen LogP contribution in [0.2, 0.25) is 0 Å². The number of ether oxygens (including phenoxy) is 10. The van der Waals surface area contributed by atoms with Crippen LogP contribution >= 0.6 is 0 Å². The van der Waals surface area contributed by atoms with Crippen LogP contribution in [0.3, 0.4) is 0 Å². The number of hydrogen-bond donors (Lipinski definition) is 12. The Kier molecular flexibility index (Phi) is 15.7. The third-order valence-electron chi connectivity index (χ3n) is 19.4. The molecule has 6 aliphatic heterocycles. The molecule has 30 atom stereocenters. The van der Waals surface area contributed by atoms with Crippen LogP contribution in [0.4, 0.5) is 0 Å². The zero-order chi connectivity index (χ0) is 51.3. The second-order valence-electron chi connectivity index (χ2n) is 23.5. The van der Waals surface area contributed by atoms with Crippen LogP contribution in [0.15, 0.2) is 11.6 Å². The molecule has 0 amide bonds. The summed E-state index contributed by atoms with van der Waals surface area (Å²) in [6, 6.07) is 0. The normalized spacial score (nSPS) is 56.7. The van der Waals surface area contributed by atoms with Gasteiger partial charge in [-0.1, -0.05) is 39.3 Å². The van der Waals surface area contributed by atoms with Gasteiger partial charge in [0.05, 0.1) is 45.2 Å². The van der Waals surface area contributed by atoms with E-state index in [2.05, 4.69) is 33.8 Å². The Balaban J connectivity index is 0.823. The summed E-state index contributed by atoms with van der Waals surface area (Å²) >= 11 is 0. The van der Waals surface area contributed by atoms with Crippen molar-refractivity contribution in [2.45, 2.75) is 220 Å². The summed E-state index contributed by atoms with van der Waals surface area (Å²) < 4.78 is 61.3. The van der Waals surface area contributed by atoms with E-state index in [9.17, 15) is 61.3 Å². The molecule has 10 aliphatic rings. The Hall–Kier alpha value is -1.14. The Morgan fingerprint density at radius 1 is 0.597 bits per heavy atom. The fourth-order valence-electron chi connectivity index (χ4n) is 15.1. The van der Waals surface area contributed by atoms with E-state index in [1.54, 1.807) is 5.57 Å². The van der Waals surface area contributed by atoms with Crippen molar-refractivity contribution >= 4 is 0 Å². The van der Waals surface area contributed by atoms with Crippen LogP contribution in [0.1, 0.15) is 85.5 Å².